The number of carbonyl (C=O) groups is 1. The minimum atomic E-state index is -0.250. The van der Waals surface area contributed by atoms with Gasteiger partial charge in [-0.05, 0) is 43.9 Å². The fourth-order valence-corrected chi connectivity index (χ4v) is 1.54. The normalized spacial score (nSPS) is 9.60. The molecule has 0 spiro atoms. The van der Waals surface area contributed by atoms with E-state index in [0.29, 0.717) is 5.75 Å². The van der Waals surface area contributed by atoms with Gasteiger partial charge in [0.1, 0.15) is 5.75 Å². The van der Waals surface area contributed by atoms with E-state index in [0.717, 1.165) is 17.5 Å². The van der Waals surface area contributed by atoms with Gasteiger partial charge in [-0.2, -0.15) is 0 Å². The summed E-state index contributed by atoms with van der Waals surface area (Å²) in [4.78, 5) is 8.36. The van der Waals surface area contributed by atoms with Gasteiger partial charge in [-0.15, -0.1) is 0 Å². The number of hydrogen-bond donors (Lipinski definition) is 3. The Kier molecular flexibility index (Phi) is 18.2. The smallest absolute Gasteiger partial charge is 0.290 e. The van der Waals surface area contributed by atoms with Crippen LogP contribution in [0.25, 0.3) is 0 Å². The van der Waals surface area contributed by atoms with Crippen molar-refractivity contribution in [2.24, 2.45) is 5.73 Å². The molecule has 20 heavy (non-hydrogen) atoms. The van der Waals surface area contributed by atoms with Crippen LogP contribution in [-0.2, 0) is 11.2 Å². The summed E-state index contributed by atoms with van der Waals surface area (Å²) >= 11 is 0. The first-order chi connectivity index (χ1) is 9.42. The lowest BCUT2D eigenvalue weighted by Gasteiger charge is -2.09. The first-order valence-corrected chi connectivity index (χ1v) is 7.04. The molecule has 0 radical (unpaired) electrons. The molecule has 4 N–H and O–H groups in total. The van der Waals surface area contributed by atoms with E-state index in [1.165, 1.54) is 5.56 Å². The predicted octanol–water partition coefficient (Wildman–Crippen LogP) is 3.65. The number of benzene rings is 1. The lowest BCUT2D eigenvalue weighted by Crippen LogP contribution is -2.17. The van der Waals surface area contributed by atoms with Crippen LogP contribution >= 0.6 is 0 Å². The van der Waals surface area contributed by atoms with Crippen LogP contribution in [0.4, 0.5) is 0 Å². The van der Waals surface area contributed by atoms with Gasteiger partial charge in [0.05, 0.1) is 0 Å². The lowest BCUT2D eigenvalue weighted by molar-refractivity contribution is -0.122. The zero-order valence-corrected chi connectivity index (χ0v) is 13.9. The van der Waals surface area contributed by atoms with Crippen molar-refractivity contribution >= 4 is 6.47 Å². The molecule has 0 aliphatic rings. The highest BCUT2D eigenvalue weighted by molar-refractivity contribution is 5.42. The quantitative estimate of drug-likeness (QED) is 0.724. The summed E-state index contributed by atoms with van der Waals surface area (Å²) in [7, 11) is 0. The van der Waals surface area contributed by atoms with Crippen molar-refractivity contribution in [3.05, 3.63) is 28.8 Å². The van der Waals surface area contributed by atoms with Crippen LogP contribution in [0.2, 0.25) is 0 Å². The third-order valence-electron chi connectivity index (χ3n) is 2.11. The Morgan fingerprint density at radius 2 is 1.45 bits per heavy atom. The number of aryl methyl sites for hydroxylation is 2. The van der Waals surface area contributed by atoms with Gasteiger partial charge in [-0.3, -0.25) is 4.79 Å². The Balaban J connectivity index is -0.000000355. The summed E-state index contributed by atoms with van der Waals surface area (Å²) in [6.07, 6.45) is 0.863. The van der Waals surface area contributed by atoms with Crippen molar-refractivity contribution in [2.45, 2.75) is 60.9 Å². The molecule has 1 unspecified atom stereocenters. The number of nitrogens with two attached hydrogens (primary N) is 1. The second-order valence-electron chi connectivity index (χ2n) is 3.87. The molecule has 0 heterocycles. The molecule has 1 aromatic carbocycles. The minimum Gasteiger partial charge on any atom is -0.507 e. The molecule has 0 amide bonds. The van der Waals surface area contributed by atoms with Crippen LogP contribution in [0.1, 0.15) is 51.3 Å². The summed E-state index contributed by atoms with van der Waals surface area (Å²) in [5.74, 6) is 0.397. The molecule has 1 rings (SSSR count). The largest absolute Gasteiger partial charge is 0.507 e. The van der Waals surface area contributed by atoms with E-state index >= 15 is 0 Å². The number of rotatable bonds is 2. The fraction of sp³-hybridized carbons (Fsp3) is 0.562. The first-order valence-electron chi connectivity index (χ1n) is 7.04. The second kappa shape index (κ2) is 15.5. The number of aromatic hydroxyl groups is 1. The number of carboxylic acid groups (broad SMARTS) is 1. The first kappa shape index (κ1) is 23.5. The molecule has 4 heteroatoms. The van der Waals surface area contributed by atoms with Gasteiger partial charge in [0, 0.05) is 6.04 Å². The summed E-state index contributed by atoms with van der Waals surface area (Å²) in [5.41, 5.74) is 8.75. The van der Waals surface area contributed by atoms with Crippen molar-refractivity contribution in [3.63, 3.8) is 0 Å². The Bertz CT molecular complexity index is 327. The van der Waals surface area contributed by atoms with Crippen molar-refractivity contribution < 1.29 is 15.0 Å². The summed E-state index contributed by atoms with van der Waals surface area (Å²) in [5, 5.41) is 16.4. The molecule has 1 atom stereocenters. The van der Waals surface area contributed by atoms with Crippen LogP contribution < -0.4 is 5.73 Å². The molecule has 0 bridgehead atoms. The van der Waals surface area contributed by atoms with Gasteiger partial charge in [-0.1, -0.05) is 39.8 Å². The van der Waals surface area contributed by atoms with Crippen LogP contribution in [-0.4, -0.2) is 22.7 Å². The maximum Gasteiger partial charge on any atom is 0.290 e. The van der Waals surface area contributed by atoms with E-state index in [9.17, 15) is 5.11 Å². The Morgan fingerprint density at radius 1 is 1.15 bits per heavy atom. The molecule has 0 aliphatic heterocycles. The van der Waals surface area contributed by atoms with E-state index in [4.69, 9.17) is 15.6 Å². The number of hydrogen-bond acceptors (Lipinski definition) is 3. The highest BCUT2D eigenvalue weighted by atomic mass is 16.3. The van der Waals surface area contributed by atoms with Crippen LogP contribution in [0.15, 0.2) is 12.1 Å². The maximum atomic E-state index is 9.53. The summed E-state index contributed by atoms with van der Waals surface area (Å²) < 4.78 is 0. The monoisotopic (exact) mass is 285 g/mol. The third kappa shape index (κ3) is 11.5. The van der Waals surface area contributed by atoms with Crippen LogP contribution in [0.5, 0.6) is 5.75 Å². The van der Waals surface area contributed by atoms with E-state index in [-0.39, 0.29) is 12.5 Å². The molecular weight excluding hydrogens is 254 g/mol. The molecule has 0 aliphatic carbocycles. The summed E-state index contributed by atoms with van der Waals surface area (Å²) in [6, 6.07) is 4.15. The van der Waals surface area contributed by atoms with Gasteiger partial charge < -0.3 is 15.9 Å². The lowest BCUT2D eigenvalue weighted by atomic mass is 10.0. The number of phenols is 1. The van der Waals surface area contributed by atoms with E-state index in [2.05, 4.69) is 0 Å². The molecule has 0 fully saturated rings. The zero-order chi connectivity index (χ0) is 16.7. The SMILES string of the molecule is CC.CC.Cc1cc(CC(C)N)cc(C)c1O.O=CO. The second-order valence-corrected chi connectivity index (χ2v) is 3.87. The summed E-state index contributed by atoms with van der Waals surface area (Å²) in [6.45, 7) is 13.6. The van der Waals surface area contributed by atoms with E-state index < -0.39 is 0 Å². The van der Waals surface area contributed by atoms with Gasteiger partial charge in [0.15, 0.2) is 0 Å². The zero-order valence-electron chi connectivity index (χ0n) is 13.9. The van der Waals surface area contributed by atoms with Gasteiger partial charge >= 0.3 is 0 Å². The molecule has 0 saturated heterocycles. The molecule has 4 nitrogen and oxygen atoms in total. The average molecular weight is 285 g/mol. The highest BCUT2D eigenvalue weighted by Crippen LogP contribution is 2.23. The van der Waals surface area contributed by atoms with Crippen molar-refractivity contribution in [1.82, 2.24) is 0 Å². The highest BCUT2D eigenvalue weighted by Gasteiger charge is 2.04. The van der Waals surface area contributed by atoms with Gasteiger partial charge in [0.2, 0.25) is 0 Å². The van der Waals surface area contributed by atoms with Crippen molar-refractivity contribution in [1.29, 1.82) is 0 Å². The third-order valence-corrected chi connectivity index (χ3v) is 2.11. The minimum absolute atomic E-state index is 0.170. The topological polar surface area (TPSA) is 83.5 Å². The molecule has 0 aromatic heterocycles. The molecule has 1 aromatic rings. The Morgan fingerprint density at radius 3 is 1.70 bits per heavy atom. The number of phenolic OH excluding ortho intramolecular Hbond substituents is 1. The van der Waals surface area contributed by atoms with Gasteiger partial charge in [-0.25, -0.2) is 0 Å². The van der Waals surface area contributed by atoms with Crippen molar-refractivity contribution in [3.8, 4) is 5.75 Å². The Labute approximate surface area is 123 Å². The molecule has 118 valence electrons. The standard InChI is InChI=1S/C11H17NO.2C2H6.CH2O2/c1-7-4-10(6-9(3)12)5-8(2)11(7)13;2*1-2;2-1-3/h4-5,9,13H,6,12H2,1-3H3;2*1-2H3;1H,(H,2,3). The van der Waals surface area contributed by atoms with Crippen molar-refractivity contribution in [2.75, 3.05) is 0 Å². The maximum absolute atomic E-state index is 9.53. The van der Waals surface area contributed by atoms with Crippen LogP contribution in [0.3, 0.4) is 0 Å². The molecular formula is C16H31NO3. The predicted molar refractivity (Wildman–Crippen MR) is 86.3 cm³/mol. The average Bonchev–Trinajstić information content (AvgIpc) is 2.41. The fourth-order valence-electron chi connectivity index (χ4n) is 1.54. The van der Waals surface area contributed by atoms with E-state index in [1.807, 2.05) is 60.6 Å². The molecule has 0 saturated carbocycles. The van der Waals surface area contributed by atoms with Crippen LogP contribution in [0, 0.1) is 13.8 Å². The Hall–Kier alpha value is -1.55. The van der Waals surface area contributed by atoms with E-state index in [1.54, 1.807) is 0 Å². The van der Waals surface area contributed by atoms with Gasteiger partial charge in [0.25, 0.3) is 6.47 Å².